The zero-order valence-electron chi connectivity index (χ0n) is 20.2. The lowest BCUT2D eigenvalue weighted by Crippen LogP contribution is -2.46. The number of nitrogens with zero attached hydrogens (tertiary/aromatic N) is 1. The lowest BCUT2D eigenvalue weighted by molar-refractivity contribution is -0.131. The standard InChI is InChI=1S/C28H34N2OP.CH3Cl/c31-28(30-22-20-29-21-23-30)19-11-4-12-24-32(25-13-5-1-6-14-25,26-15-7-2-8-16-26)27-17-9-3-10-18-27;1-2/h1-3,5-10,13-18,29H,4,11-12,19-24H2;1H3/q+1;. The van der Waals surface area contributed by atoms with E-state index in [1.807, 2.05) is 4.90 Å². The van der Waals surface area contributed by atoms with Crippen LogP contribution in [-0.4, -0.2) is 49.5 Å². The first-order valence-electron chi connectivity index (χ1n) is 12.2. The van der Waals surface area contributed by atoms with Gasteiger partial charge < -0.3 is 10.2 Å². The quantitative estimate of drug-likeness (QED) is 0.262. The molecular formula is C29H37ClN2OP+. The van der Waals surface area contributed by atoms with Crippen LogP contribution in [-0.2, 0) is 4.79 Å². The van der Waals surface area contributed by atoms with E-state index in [-0.39, 0.29) is 0 Å². The average molecular weight is 496 g/mol. The number of nitrogens with one attached hydrogen (secondary N) is 1. The summed E-state index contributed by atoms with van der Waals surface area (Å²) < 4.78 is 0. The van der Waals surface area contributed by atoms with Crippen LogP contribution in [0, 0.1) is 0 Å². The molecule has 0 saturated carbocycles. The fraction of sp³-hybridized carbons (Fsp3) is 0.345. The van der Waals surface area contributed by atoms with Gasteiger partial charge in [-0.15, -0.1) is 11.6 Å². The third-order valence-corrected chi connectivity index (χ3v) is 11.0. The number of piperazine rings is 1. The van der Waals surface area contributed by atoms with Crippen LogP contribution in [0.5, 0.6) is 0 Å². The molecule has 1 aliphatic rings. The van der Waals surface area contributed by atoms with Crippen LogP contribution in [0.4, 0.5) is 0 Å². The van der Waals surface area contributed by atoms with Crippen molar-refractivity contribution in [2.75, 3.05) is 38.7 Å². The lowest BCUT2D eigenvalue weighted by Gasteiger charge is -2.28. The smallest absolute Gasteiger partial charge is 0.222 e. The van der Waals surface area contributed by atoms with Gasteiger partial charge in [-0.25, -0.2) is 0 Å². The number of alkyl halides is 1. The molecule has 0 aromatic heterocycles. The molecule has 1 amide bonds. The minimum Gasteiger partial charge on any atom is -0.340 e. The number of rotatable bonds is 9. The summed E-state index contributed by atoms with van der Waals surface area (Å²) in [6.07, 6.45) is 6.47. The van der Waals surface area contributed by atoms with Crippen molar-refractivity contribution in [2.24, 2.45) is 0 Å². The average Bonchev–Trinajstić information content (AvgIpc) is 2.94. The molecule has 0 aliphatic carbocycles. The van der Waals surface area contributed by atoms with Crippen LogP contribution in [0.15, 0.2) is 91.0 Å². The Morgan fingerprint density at radius 1 is 0.735 bits per heavy atom. The van der Waals surface area contributed by atoms with E-state index in [0.29, 0.717) is 12.3 Å². The molecule has 34 heavy (non-hydrogen) atoms. The summed E-state index contributed by atoms with van der Waals surface area (Å²) in [4.78, 5) is 14.5. The highest BCUT2D eigenvalue weighted by Gasteiger charge is 2.44. The maximum absolute atomic E-state index is 12.5. The summed E-state index contributed by atoms with van der Waals surface area (Å²) in [5, 5.41) is 7.64. The van der Waals surface area contributed by atoms with E-state index in [1.54, 1.807) is 0 Å². The molecule has 1 fully saturated rings. The molecule has 0 radical (unpaired) electrons. The van der Waals surface area contributed by atoms with Crippen LogP contribution in [0.2, 0.25) is 0 Å². The molecule has 1 saturated heterocycles. The number of hydrogen-bond donors (Lipinski definition) is 1. The zero-order chi connectivity index (χ0) is 24.1. The Balaban J connectivity index is 0.00000158. The molecule has 0 spiro atoms. The molecule has 1 N–H and O–H groups in total. The van der Waals surface area contributed by atoms with Gasteiger partial charge in [-0.3, -0.25) is 4.79 Å². The normalized spacial score (nSPS) is 13.6. The Hall–Kier alpha value is -2.19. The second-order valence-electron chi connectivity index (χ2n) is 8.48. The predicted octanol–water partition coefficient (Wildman–Crippen LogP) is 4.83. The molecule has 3 aromatic rings. The van der Waals surface area contributed by atoms with E-state index in [2.05, 4.69) is 108 Å². The van der Waals surface area contributed by atoms with Crippen LogP contribution < -0.4 is 21.2 Å². The second kappa shape index (κ2) is 14.3. The number of carbonyl (C=O) groups is 1. The van der Waals surface area contributed by atoms with Crippen molar-refractivity contribution in [1.29, 1.82) is 0 Å². The monoisotopic (exact) mass is 495 g/mol. The Morgan fingerprint density at radius 2 is 1.18 bits per heavy atom. The van der Waals surface area contributed by atoms with Crippen LogP contribution in [0.25, 0.3) is 0 Å². The van der Waals surface area contributed by atoms with Crippen molar-refractivity contribution < 1.29 is 4.79 Å². The van der Waals surface area contributed by atoms with E-state index >= 15 is 0 Å². The van der Waals surface area contributed by atoms with Crippen molar-refractivity contribution in [3.63, 3.8) is 0 Å². The summed E-state index contributed by atoms with van der Waals surface area (Å²) in [6.45, 7) is 3.54. The Labute approximate surface area is 210 Å². The SMILES string of the molecule is CCl.O=C(CCCCC[P+](c1ccccc1)(c1ccccc1)c1ccccc1)N1CCNCC1. The Bertz CT molecular complexity index is 867. The molecule has 3 aromatic carbocycles. The van der Waals surface area contributed by atoms with Crippen molar-refractivity contribution in [3.05, 3.63) is 91.0 Å². The van der Waals surface area contributed by atoms with Crippen LogP contribution >= 0.6 is 18.9 Å². The van der Waals surface area contributed by atoms with E-state index in [0.717, 1.165) is 51.6 Å². The van der Waals surface area contributed by atoms with Crippen molar-refractivity contribution >= 4 is 40.7 Å². The van der Waals surface area contributed by atoms with Crippen LogP contribution in [0.1, 0.15) is 25.7 Å². The van der Waals surface area contributed by atoms with Gasteiger partial charge in [-0.05, 0) is 55.7 Å². The number of unbranched alkanes of at least 4 members (excludes halogenated alkanes) is 2. The molecule has 0 unspecified atom stereocenters. The van der Waals surface area contributed by atoms with E-state index in [9.17, 15) is 4.79 Å². The van der Waals surface area contributed by atoms with Gasteiger partial charge in [-0.1, -0.05) is 54.6 Å². The molecule has 180 valence electrons. The lowest BCUT2D eigenvalue weighted by atomic mass is 10.2. The highest BCUT2D eigenvalue weighted by molar-refractivity contribution is 7.95. The van der Waals surface area contributed by atoms with E-state index in [4.69, 9.17) is 0 Å². The van der Waals surface area contributed by atoms with Gasteiger partial charge in [0.25, 0.3) is 0 Å². The summed E-state index contributed by atoms with van der Waals surface area (Å²) in [5.74, 6) is 0.321. The van der Waals surface area contributed by atoms with Gasteiger partial charge in [0.2, 0.25) is 5.91 Å². The van der Waals surface area contributed by atoms with E-state index in [1.165, 1.54) is 22.3 Å². The Morgan fingerprint density at radius 3 is 1.62 bits per heavy atom. The second-order valence-corrected chi connectivity index (χ2v) is 12.1. The summed E-state index contributed by atoms with van der Waals surface area (Å²) in [5.41, 5.74) is 0. The highest BCUT2D eigenvalue weighted by Crippen LogP contribution is 2.55. The third-order valence-electron chi connectivity index (χ3n) is 6.44. The maximum Gasteiger partial charge on any atom is 0.222 e. The van der Waals surface area contributed by atoms with Crippen molar-refractivity contribution in [2.45, 2.75) is 25.7 Å². The fourth-order valence-corrected chi connectivity index (χ4v) is 9.17. The maximum atomic E-state index is 12.5. The first kappa shape index (κ1) is 26.4. The molecule has 5 heteroatoms. The van der Waals surface area contributed by atoms with E-state index < -0.39 is 7.26 Å². The molecular weight excluding hydrogens is 459 g/mol. The summed E-state index contributed by atoms with van der Waals surface area (Å²) in [6, 6.07) is 33.2. The molecule has 3 nitrogen and oxygen atoms in total. The van der Waals surface area contributed by atoms with Crippen LogP contribution in [0.3, 0.4) is 0 Å². The number of amides is 1. The third kappa shape index (κ3) is 6.69. The van der Waals surface area contributed by atoms with Crippen molar-refractivity contribution in [3.8, 4) is 0 Å². The highest BCUT2D eigenvalue weighted by atomic mass is 35.5. The summed E-state index contributed by atoms with van der Waals surface area (Å²) in [7, 11) is -1.75. The van der Waals surface area contributed by atoms with Crippen molar-refractivity contribution in [1.82, 2.24) is 10.2 Å². The number of benzene rings is 3. The van der Waals surface area contributed by atoms with Gasteiger partial charge in [-0.2, -0.15) is 0 Å². The fourth-order valence-electron chi connectivity index (χ4n) is 4.76. The van der Waals surface area contributed by atoms with Gasteiger partial charge in [0.15, 0.2) is 0 Å². The molecule has 0 bridgehead atoms. The molecule has 1 aliphatic heterocycles. The Kier molecular flexibility index (Phi) is 11.1. The number of halogens is 1. The summed E-state index contributed by atoms with van der Waals surface area (Å²) >= 11 is 4.64. The minimum atomic E-state index is -1.75. The van der Waals surface area contributed by atoms with Gasteiger partial charge in [0.1, 0.15) is 23.2 Å². The topological polar surface area (TPSA) is 32.3 Å². The van der Waals surface area contributed by atoms with Gasteiger partial charge >= 0.3 is 0 Å². The molecule has 4 rings (SSSR count). The predicted molar refractivity (Wildman–Crippen MR) is 150 cm³/mol. The number of hydrogen-bond acceptors (Lipinski definition) is 2. The first-order valence-corrected chi connectivity index (χ1v) is 14.9. The number of carbonyl (C=O) groups excluding carboxylic acids is 1. The first-order chi connectivity index (χ1) is 16.8. The zero-order valence-corrected chi connectivity index (χ0v) is 21.9. The molecule has 0 atom stereocenters. The largest absolute Gasteiger partial charge is 0.340 e. The van der Waals surface area contributed by atoms with Gasteiger partial charge in [0, 0.05) is 39.0 Å². The molecule has 1 heterocycles. The van der Waals surface area contributed by atoms with Gasteiger partial charge in [0.05, 0.1) is 6.16 Å². The minimum absolute atomic E-state index is 0.321.